The second-order valence-electron chi connectivity index (χ2n) is 4.02. The van der Waals surface area contributed by atoms with Crippen molar-refractivity contribution in [2.45, 2.75) is 24.0 Å². The number of rotatable bonds is 5. The van der Waals surface area contributed by atoms with Crippen molar-refractivity contribution >= 4 is 11.8 Å². The molecular weight excluding hydrogens is 230 g/mol. The molecule has 0 fully saturated rings. The topological polar surface area (TPSA) is 39.2 Å². The molecule has 17 heavy (non-hydrogen) atoms. The third kappa shape index (κ3) is 3.38. The molecule has 0 amide bonds. The molecule has 0 unspecified atom stereocenters. The maximum absolute atomic E-state index is 5.64. The van der Waals surface area contributed by atoms with E-state index in [1.807, 2.05) is 12.1 Å². The van der Waals surface area contributed by atoms with Gasteiger partial charge in [0.15, 0.2) is 0 Å². The molecule has 0 aliphatic rings. The molecule has 0 bridgehead atoms. The third-order valence-electron chi connectivity index (χ3n) is 2.58. The van der Waals surface area contributed by atoms with E-state index in [0.717, 1.165) is 17.9 Å². The summed E-state index contributed by atoms with van der Waals surface area (Å²) in [5.74, 6) is 1.88. The minimum atomic E-state index is 0.692. The third-order valence-corrected chi connectivity index (χ3v) is 3.72. The van der Waals surface area contributed by atoms with Crippen molar-refractivity contribution in [1.82, 2.24) is 0 Å². The van der Waals surface area contributed by atoms with Crippen LogP contribution in [-0.4, -0.2) is 6.54 Å². The van der Waals surface area contributed by atoms with Crippen molar-refractivity contribution in [2.24, 2.45) is 5.73 Å². The SMILES string of the molecule is Cc1ccc(SCc2ccco2)c(CCN)c1. The average molecular weight is 247 g/mol. The highest BCUT2D eigenvalue weighted by molar-refractivity contribution is 7.98. The fourth-order valence-electron chi connectivity index (χ4n) is 1.74. The van der Waals surface area contributed by atoms with Gasteiger partial charge in [-0.15, -0.1) is 11.8 Å². The molecule has 0 atom stereocenters. The smallest absolute Gasteiger partial charge is 0.113 e. The van der Waals surface area contributed by atoms with E-state index in [-0.39, 0.29) is 0 Å². The molecule has 0 radical (unpaired) electrons. The molecule has 1 aromatic carbocycles. The van der Waals surface area contributed by atoms with Crippen molar-refractivity contribution in [3.8, 4) is 0 Å². The molecule has 0 aliphatic heterocycles. The van der Waals surface area contributed by atoms with E-state index in [9.17, 15) is 0 Å². The Morgan fingerprint density at radius 2 is 2.18 bits per heavy atom. The van der Waals surface area contributed by atoms with Gasteiger partial charge in [-0.05, 0) is 43.7 Å². The summed E-state index contributed by atoms with van der Waals surface area (Å²) < 4.78 is 5.33. The minimum absolute atomic E-state index is 0.692. The van der Waals surface area contributed by atoms with Crippen molar-refractivity contribution < 1.29 is 4.42 Å². The second kappa shape index (κ2) is 5.94. The second-order valence-corrected chi connectivity index (χ2v) is 5.04. The fourth-order valence-corrected chi connectivity index (χ4v) is 2.72. The highest BCUT2D eigenvalue weighted by Crippen LogP contribution is 2.27. The highest BCUT2D eigenvalue weighted by atomic mass is 32.2. The normalized spacial score (nSPS) is 10.7. The first-order valence-corrected chi connectivity index (χ1v) is 6.73. The maximum atomic E-state index is 5.64. The van der Waals surface area contributed by atoms with Gasteiger partial charge in [-0.2, -0.15) is 0 Å². The molecule has 0 saturated heterocycles. The molecule has 90 valence electrons. The van der Waals surface area contributed by atoms with Gasteiger partial charge in [-0.3, -0.25) is 0 Å². The van der Waals surface area contributed by atoms with Crippen LogP contribution in [0.2, 0.25) is 0 Å². The summed E-state index contributed by atoms with van der Waals surface area (Å²) in [7, 11) is 0. The van der Waals surface area contributed by atoms with E-state index < -0.39 is 0 Å². The fraction of sp³-hybridized carbons (Fsp3) is 0.286. The Labute approximate surface area is 106 Å². The van der Waals surface area contributed by atoms with Gasteiger partial charge in [0.2, 0.25) is 0 Å². The Balaban J connectivity index is 2.08. The molecule has 1 aromatic heterocycles. The lowest BCUT2D eigenvalue weighted by molar-refractivity contribution is 0.530. The van der Waals surface area contributed by atoms with E-state index >= 15 is 0 Å². The summed E-state index contributed by atoms with van der Waals surface area (Å²) in [6, 6.07) is 10.5. The number of hydrogen-bond donors (Lipinski definition) is 1. The number of aryl methyl sites for hydroxylation is 1. The summed E-state index contributed by atoms with van der Waals surface area (Å²) in [4.78, 5) is 1.30. The quantitative estimate of drug-likeness (QED) is 0.823. The average Bonchev–Trinajstić information content (AvgIpc) is 2.81. The highest BCUT2D eigenvalue weighted by Gasteiger charge is 2.04. The Morgan fingerprint density at radius 1 is 1.29 bits per heavy atom. The van der Waals surface area contributed by atoms with Gasteiger partial charge in [0.25, 0.3) is 0 Å². The van der Waals surface area contributed by atoms with Gasteiger partial charge in [0.05, 0.1) is 12.0 Å². The lowest BCUT2D eigenvalue weighted by Crippen LogP contribution is -2.04. The molecule has 1 heterocycles. The van der Waals surface area contributed by atoms with Crippen LogP contribution in [0.3, 0.4) is 0 Å². The van der Waals surface area contributed by atoms with Gasteiger partial charge in [-0.1, -0.05) is 17.7 Å². The zero-order valence-electron chi connectivity index (χ0n) is 9.98. The van der Waals surface area contributed by atoms with Crippen molar-refractivity contribution in [3.63, 3.8) is 0 Å². The first-order valence-electron chi connectivity index (χ1n) is 5.74. The Hall–Kier alpha value is -1.19. The van der Waals surface area contributed by atoms with Crippen LogP contribution in [0.5, 0.6) is 0 Å². The molecule has 3 heteroatoms. The van der Waals surface area contributed by atoms with Crippen LogP contribution < -0.4 is 5.73 Å². The van der Waals surface area contributed by atoms with Gasteiger partial charge in [0, 0.05) is 4.90 Å². The van der Waals surface area contributed by atoms with Crippen LogP contribution in [0.15, 0.2) is 45.9 Å². The number of benzene rings is 1. The first-order chi connectivity index (χ1) is 8.29. The number of furan rings is 1. The molecule has 2 N–H and O–H groups in total. The summed E-state index contributed by atoms with van der Waals surface area (Å²) in [6.07, 6.45) is 2.65. The minimum Gasteiger partial charge on any atom is -0.468 e. The summed E-state index contributed by atoms with van der Waals surface area (Å²) in [6.45, 7) is 2.80. The van der Waals surface area contributed by atoms with E-state index in [4.69, 9.17) is 10.2 Å². The predicted molar refractivity (Wildman–Crippen MR) is 72.2 cm³/mol. The zero-order chi connectivity index (χ0) is 12.1. The van der Waals surface area contributed by atoms with Crippen molar-refractivity contribution in [2.75, 3.05) is 6.54 Å². The summed E-state index contributed by atoms with van der Waals surface area (Å²) in [5, 5.41) is 0. The maximum Gasteiger partial charge on any atom is 0.113 e. The lowest BCUT2D eigenvalue weighted by Gasteiger charge is -2.08. The molecule has 0 aliphatic carbocycles. The zero-order valence-corrected chi connectivity index (χ0v) is 10.8. The van der Waals surface area contributed by atoms with Crippen molar-refractivity contribution in [3.05, 3.63) is 53.5 Å². The van der Waals surface area contributed by atoms with Crippen LogP contribution in [0.1, 0.15) is 16.9 Å². The van der Waals surface area contributed by atoms with Crippen LogP contribution in [-0.2, 0) is 12.2 Å². The number of nitrogens with two attached hydrogens (primary N) is 1. The Morgan fingerprint density at radius 3 is 2.88 bits per heavy atom. The van der Waals surface area contributed by atoms with Gasteiger partial charge in [-0.25, -0.2) is 0 Å². The largest absolute Gasteiger partial charge is 0.468 e. The van der Waals surface area contributed by atoms with Crippen LogP contribution >= 0.6 is 11.8 Å². The number of thioether (sulfide) groups is 1. The first kappa shape index (κ1) is 12.3. The molecule has 0 spiro atoms. The van der Waals surface area contributed by atoms with Gasteiger partial charge < -0.3 is 10.2 Å². The van der Waals surface area contributed by atoms with Gasteiger partial charge >= 0.3 is 0 Å². The summed E-state index contributed by atoms with van der Waals surface area (Å²) in [5.41, 5.74) is 8.27. The van der Waals surface area contributed by atoms with Crippen LogP contribution in [0.25, 0.3) is 0 Å². The van der Waals surface area contributed by atoms with Crippen LogP contribution in [0, 0.1) is 6.92 Å². The van der Waals surface area contributed by atoms with E-state index in [1.165, 1.54) is 16.0 Å². The summed E-state index contributed by atoms with van der Waals surface area (Å²) >= 11 is 1.80. The number of hydrogen-bond acceptors (Lipinski definition) is 3. The molecule has 2 aromatic rings. The van der Waals surface area contributed by atoms with Crippen molar-refractivity contribution in [1.29, 1.82) is 0 Å². The molecule has 2 nitrogen and oxygen atoms in total. The van der Waals surface area contributed by atoms with E-state index in [1.54, 1.807) is 18.0 Å². The monoisotopic (exact) mass is 247 g/mol. The molecule has 2 rings (SSSR count). The van der Waals surface area contributed by atoms with E-state index in [0.29, 0.717) is 6.54 Å². The molecule has 0 saturated carbocycles. The molecular formula is C14H17NOS. The van der Waals surface area contributed by atoms with E-state index in [2.05, 4.69) is 25.1 Å². The Kier molecular flexibility index (Phi) is 4.29. The Bertz CT molecular complexity index is 465. The standard InChI is InChI=1S/C14H17NOS/c1-11-4-5-14(12(9-11)6-7-15)17-10-13-3-2-8-16-13/h2-5,8-9H,6-7,10,15H2,1H3. The van der Waals surface area contributed by atoms with Gasteiger partial charge in [0.1, 0.15) is 5.76 Å². The predicted octanol–water partition coefficient (Wildman–Crippen LogP) is 3.38. The lowest BCUT2D eigenvalue weighted by atomic mass is 10.1. The van der Waals surface area contributed by atoms with Crippen LogP contribution in [0.4, 0.5) is 0 Å².